The van der Waals surface area contributed by atoms with Gasteiger partial charge in [-0.1, -0.05) is 0 Å². The highest BCUT2D eigenvalue weighted by Crippen LogP contribution is 2.05. The molecule has 0 unspecified atom stereocenters. The molecule has 2 amide bonds. The summed E-state index contributed by atoms with van der Waals surface area (Å²) < 4.78 is 0. The van der Waals surface area contributed by atoms with Crippen molar-refractivity contribution in [3.8, 4) is 0 Å². The maximum atomic E-state index is 10.9. The Kier molecular flexibility index (Phi) is 3.04. The number of carboxylic acid groups (broad SMARTS) is 2. The molecule has 8 nitrogen and oxygen atoms in total. The predicted molar refractivity (Wildman–Crippen MR) is 47.2 cm³/mol. The molecule has 0 aromatic heterocycles. The summed E-state index contributed by atoms with van der Waals surface area (Å²) in [4.78, 5) is 43.8. The second kappa shape index (κ2) is 4.26. The maximum absolute atomic E-state index is 10.9. The van der Waals surface area contributed by atoms with Gasteiger partial charge < -0.3 is 10.2 Å². The highest BCUT2D eigenvalue weighted by molar-refractivity contribution is 6.33. The number of nitrogens with zero attached hydrogens (tertiary/aromatic N) is 2. The van der Waals surface area contributed by atoms with E-state index in [0.29, 0.717) is 9.80 Å². The van der Waals surface area contributed by atoms with Crippen molar-refractivity contribution in [2.75, 3.05) is 0 Å². The van der Waals surface area contributed by atoms with Crippen molar-refractivity contribution in [3.05, 3.63) is 24.8 Å². The summed E-state index contributed by atoms with van der Waals surface area (Å²) in [6.45, 7) is 0. The third-order valence-corrected chi connectivity index (χ3v) is 1.61. The van der Waals surface area contributed by atoms with Crippen LogP contribution in [-0.2, 0) is 19.2 Å². The third-order valence-electron chi connectivity index (χ3n) is 1.61. The zero-order chi connectivity index (χ0) is 12.3. The molecule has 0 fully saturated rings. The molecule has 8 heteroatoms. The Morgan fingerprint density at radius 2 is 0.938 bits per heavy atom. The smallest absolute Gasteiger partial charge is 0.395 e. The van der Waals surface area contributed by atoms with Crippen LogP contribution in [-0.4, -0.2) is 43.8 Å². The molecule has 0 bridgehead atoms. The fraction of sp³-hybridized carbons (Fsp3) is 0. The summed E-state index contributed by atoms with van der Waals surface area (Å²) >= 11 is 0. The fourth-order valence-corrected chi connectivity index (χ4v) is 0.878. The number of carbonyl (C=O) groups is 4. The quantitative estimate of drug-likeness (QED) is 0.499. The van der Waals surface area contributed by atoms with Gasteiger partial charge in [0.2, 0.25) is 0 Å². The number of carboxylic acids is 2. The minimum absolute atomic E-state index is 0.702. The van der Waals surface area contributed by atoms with Gasteiger partial charge in [-0.25, -0.2) is 9.59 Å². The van der Waals surface area contributed by atoms with Crippen LogP contribution in [0.15, 0.2) is 24.8 Å². The van der Waals surface area contributed by atoms with E-state index in [1.54, 1.807) is 0 Å². The highest BCUT2D eigenvalue weighted by Gasteiger charge is 2.23. The Morgan fingerprint density at radius 3 is 1.12 bits per heavy atom. The highest BCUT2D eigenvalue weighted by atomic mass is 16.4. The Balaban J connectivity index is 2.74. The molecule has 0 aromatic carbocycles. The lowest BCUT2D eigenvalue weighted by Crippen LogP contribution is -2.34. The fourth-order valence-electron chi connectivity index (χ4n) is 0.878. The topological polar surface area (TPSA) is 115 Å². The molecule has 1 rings (SSSR count). The molecule has 0 atom stereocenters. The zero-order valence-electron chi connectivity index (χ0n) is 7.73. The minimum atomic E-state index is -1.66. The van der Waals surface area contributed by atoms with Gasteiger partial charge in [0.05, 0.1) is 0 Å². The number of carbonyl (C=O) groups excluding carboxylic acids is 2. The minimum Gasteiger partial charge on any atom is -0.474 e. The number of amides is 2. The Labute approximate surface area is 88.7 Å². The molecular formula is C8H6N2O6. The van der Waals surface area contributed by atoms with Gasteiger partial charge in [-0.3, -0.25) is 19.4 Å². The van der Waals surface area contributed by atoms with Gasteiger partial charge in [0, 0.05) is 24.8 Å². The molecule has 1 heterocycles. The lowest BCUT2D eigenvalue weighted by Gasteiger charge is -2.19. The van der Waals surface area contributed by atoms with Gasteiger partial charge in [0.1, 0.15) is 0 Å². The standard InChI is InChI=1S/C8H6N2O6/c11-5(7(13)14)9-1-2-10(4-3-9)6(12)8(15)16/h1-4H,(H,13,14)(H,15,16). The summed E-state index contributed by atoms with van der Waals surface area (Å²) in [5, 5.41) is 16.7. The molecule has 0 aliphatic carbocycles. The van der Waals surface area contributed by atoms with E-state index >= 15 is 0 Å². The van der Waals surface area contributed by atoms with Crippen LogP contribution in [0, 0.1) is 0 Å². The first-order chi connectivity index (χ1) is 7.43. The molecule has 1 aliphatic heterocycles. The van der Waals surface area contributed by atoms with Crippen molar-refractivity contribution in [3.63, 3.8) is 0 Å². The van der Waals surface area contributed by atoms with Gasteiger partial charge in [-0.2, -0.15) is 0 Å². The molecule has 84 valence electrons. The van der Waals surface area contributed by atoms with E-state index in [1.165, 1.54) is 0 Å². The van der Waals surface area contributed by atoms with Crippen LogP contribution in [0.2, 0.25) is 0 Å². The Bertz CT molecular complexity index is 372. The van der Waals surface area contributed by atoms with E-state index in [9.17, 15) is 19.2 Å². The molecule has 0 saturated heterocycles. The average molecular weight is 226 g/mol. The van der Waals surface area contributed by atoms with E-state index in [4.69, 9.17) is 10.2 Å². The largest absolute Gasteiger partial charge is 0.474 e. The predicted octanol–water partition coefficient (Wildman–Crippen LogP) is -1.23. The van der Waals surface area contributed by atoms with Crippen molar-refractivity contribution in [1.29, 1.82) is 0 Å². The van der Waals surface area contributed by atoms with E-state index in [2.05, 4.69) is 0 Å². The van der Waals surface area contributed by atoms with Gasteiger partial charge in [-0.15, -0.1) is 0 Å². The van der Waals surface area contributed by atoms with Crippen LogP contribution in [0.1, 0.15) is 0 Å². The van der Waals surface area contributed by atoms with Crippen LogP contribution in [0.5, 0.6) is 0 Å². The summed E-state index contributed by atoms with van der Waals surface area (Å²) in [6.07, 6.45) is 3.88. The van der Waals surface area contributed by atoms with Crippen LogP contribution in [0.4, 0.5) is 0 Å². The van der Waals surface area contributed by atoms with Gasteiger partial charge >= 0.3 is 23.8 Å². The summed E-state index contributed by atoms with van der Waals surface area (Å²) in [5.74, 6) is -5.75. The summed E-state index contributed by atoms with van der Waals surface area (Å²) in [7, 11) is 0. The van der Waals surface area contributed by atoms with E-state index in [0.717, 1.165) is 24.8 Å². The van der Waals surface area contributed by atoms with Crippen LogP contribution in [0.3, 0.4) is 0 Å². The van der Waals surface area contributed by atoms with Crippen molar-refractivity contribution < 1.29 is 29.4 Å². The number of hydrogen-bond acceptors (Lipinski definition) is 4. The van der Waals surface area contributed by atoms with Gasteiger partial charge in [0.25, 0.3) is 0 Å². The molecule has 0 spiro atoms. The van der Waals surface area contributed by atoms with Crippen LogP contribution < -0.4 is 0 Å². The average Bonchev–Trinajstić information content (AvgIpc) is 2.27. The summed E-state index contributed by atoms with van der Waals surface area (Å²) in [5.41, 5.74) is 0. The normalized spacial score (nSPS) is 13.8. The second-order valence-electron chi connectivity index (χ2n) is 2.63. The molecule has 16 heavy (non-hydrogen) atoms. The first kappa shape index (κ1) is 11.4. The van der Waals surface area contributed by atoms with Crippen LogP contribution >= 0.6 is 0 Å². The summed E-state index contributed by atoms with van der Waals surface area (Å²) in [6, 6.07) is 0. The monoisotopic (exact) mass is 226 g/mol. The lowest BCUT2D eigenvalue weighted by molar-refractivity contribution is -0.154. The van der Waals surface area contributed by atoms with Gasteiger partial charge in [0.15, 0.2) is 0 Å². The first-order valence-corrected chi connectivity index (χ1v) is 3.91. The van der Waals surface area contributed by atoms with Gasteiger partial charge in [-0.05, 0) is 0 Å². The molecule has 0 radical (unpaired) electrons. The number of hydrogen-bond donors (Lipinski definition) is 2. The molecular weight excluding hydrogens is 220 g/mol. The lowest BCUT2D eigenvalue weighted by atomic mass is 10.4. The maximum Gasteiger partial charge on any atom is 0.395 e. The van der Waals surface area contributed by atoms with Crippen molar-refractivity contribution in [1.82, 2.24) is 9.80 Å². The molecule has 1 aliphatic rings. The first-order valence-electron chi connectivity index (χ1n) is 3.91. The second-order valence-corrected chi connectivity index (χ2v) is 2.63. The van der Waals surface area contributed by atoms with E-state index < -0.39 is 23.8 Å². The molecule has 0 saturated carbocycles. The van der Waals surface area contributed by atoms with E-state index in [-0.39, 0.29) is 0 Å². The number of rotatable bonds is 0. The van der Waals surface area contributed by atoms with Crippen molar-refractivity contribution >= 4 is 23.8 Å². The van der Waals surface area contributed by atoms with E-state index in [1.807, 2.05) is 0 Å². The molecule has 2 N–H and O–H groups in total. The van der Waals surface area contributed by atoms with Crippen molar-refractivity contribution in [2.45, 2.75) is 0 Å². The number of aliphatic carboxylic acids is 2. The Morgan fingerprint density at radius 1 is 0.688 bits per heavy atom. The molecule has 0 aromatic rings. The third kappa shape index (κ3) is 2.23. The van der Waals surface area contributed by atoms with Crippen molar-refractivity contribution in [2.24, 2.45) is 0 Å². The Hall–Kier alpha value is -2.64. The van der Waals surface area contributed by atoms with Crippen LogP contribution in [0.25, 0.3) is 0 Å². The zero-order valence-corrected chi connectivity index (χ0v) is 7.73. The SMILES string of the molecule is O=C(O)C(=O)N1C=CN(C(=O)C(=O)O)C=C1.